The molecule has 1 saturated heterocycles. The SMILES string of the molecule is CCc1cc(N2CCN(C(=O)OC(C)(C)C)CC2)nc(CC)c1CC. The van der Waals surface area contributed by atoms with Crippen LogP contribution in [-0.2, 0) is 24.0 Å². The normalized spacial score (nSPS) is 15.4. The number of aryl methyl sites for hydroxylation is 2. The molecule has 1 amide bonds. The van der Waals surface area contributed by atoms with Crippen LogP contribution in [0.1, 0.15) is 58.4 Å². The number of rotatable bonds is 4. The van der Waals surface area contributed by atoms with Crippen molar-refractivity contribution in [2.75, 3.05) is 31.1 Å². The molecule has 5 heteroatoms. The Labute approximate surface area is 152 Å². The maximum absolute atomic E-state index is 12.2. The third kappa shape index (κ3) is 4.86. The molecule has 0 spiro atoms. The van der Waals surface area contributed by atoms with E-state index in [9.17, 15) is 4.79 Å². The number of carbonyl (C=O) groups is 1. The van der Waals surface area contributed by atoms with Crippen LogP contribution in [0.4, 0.5) is 10.6 Å². The van der Waals surface area contributed by atoms with Gasteiger partial charge in [-0.1, -0.05) is 20.8 Å². The van der Waals surface area contributed by atoms with Gasteiger partial charge in [-0.05, 0) is 57.2 Å². The van der Waals surface area contributed by atoms with Crippen LogP contribution in [0.2, 0.25) is 0 Å². The Bertz CT molecular complexity index is 574. The second-order valence-corrected chi connectivity index (χ2v) is 7.58. The molecule has 0 aromatic carbocycles. The fraction of sp³-hybridized carbons (Fsp3) is 0.700. The van der Waals surface area contributed by atoms with E-state index in [4.69, 9.17) is 9.72 Å². The van der Waals surface area contributed by atoms with Crippen molar-refractivity contribution in [3.63, 3.8) is 0 Å². The van der Waals surface area contributed by atoms with E-state index >= 15 is 0 Å². The number of anilines is 1. The average molecular weight is 348 g/mol. The second-order valence-electron chi connectivity index (χ2n) is 7.58. The Morgan fingerprint density at radius 3 is 2.20 bits per heavy atom. The highest BCUT2D eigenvalue weighted by atomic mass is 16.6. The maximum atomic E-state index is 12.2. The van der Waals surface area contributed by atoms with Gasteiger partial charge in [0.05, 0.1) is 0 Å². The van der Waals surface area contributed by atoms with E-state index in [-0.39, 0.29) is 6.09 Å². The summed E-state index contributed by atoms with van der Waals surface area (Å²) in [5.41, 5.74) is 3.57. The molecule has 0 unspecified atom stereocenters. The van der Waals surface area contributed by atoms with Crippen LogP contribution in [0.15, 0.2) is 6.07 Å². The fourth-order valence-corrected chi connectivity index (χ4v) is 3.31. The Kier molecular flexibility index (Phi) is 6.31. The van der Waals surface area contributed by atoms with Gasteiger partial charge in [0.15, 0.2) is 0 Å². The lowest BCUT2D eigenvalue weighted by molar-refractivity contribution is 0.0240. The minimum Gasteiger partial charge on any atom is -0.444 e. The number of carbonyl (C=O) groups excluding carboxylic acids is 1. The van der Waals surface area contributed by atoms with Crippen molar-refractivity contribution in [1.82, 2.24) is 9.88 Å². The van der Waals surface area contributed by atoms with Gasteiger partial charge in [0.1, 0.15) is 11.4 Å². The predicted octanol–water partition coefficient (Wildman–Crippen LogP) is 3.83. The largest absolute Gasteiger partial charge is 0.444 e. The first-order valence-electron chi connectivity index (χ1n) is 9.53. The van der Waals surface area contributed by atoms with E-state index in [1.165, 1.54) is 16.8 Å². The molecule has 0 atom stereocenters. The van der Waals surface area contributed by atoms with E-state index in [2.05, 4.69) is 31.7 Å². The zero-order valence-electron chi connectivity index (χ0n) is 16.7. The molecular formula is C20H33N3O2. The highest BCUT2D eigenvalue weighted by Crippen LogP contribution is 2.23. The molecule has 1 aliphatic rings. The van der Waals surface area contributed by atoms with Crippen LogP contribution in [-0.4, -0.2) is 47.8 Å². The molecule has 5 nitrogen and oxygen atoms in total. The Morgan fingerprint density at radius 2 is 1.72 bits per heavy atom. The molecule has 140 valence electrons. The predicted molar refractivity (Wildman–Crippen MR) is 102 cm³/mol. The molecule has 0 saturated carbocycles. The lowest BCUT2D eigenvalue weighted by Crippen LogP contribution is -2.50. The summed E-state index contributed by atoms with van der Waals surface area (Å²) in [6.45, 7) is 15.2. The summed E-state index contributed by atoms with van der Waals surface area (Å²) in [5.74, 6) is 1.05. The minimum absolute atomic E-state index is 0.218. The maximum Gasteiger partial charge on any atom is 0.410 e. The first-order valence-corrected chi connectivity index (χ1v) is 9.53. The van der Waals surface area contributed by atoms with Gasteiger partial charge in [-0.25, -0.2) is 9.78 Å². The summed E-state index contributed by atoms with van der Waals surface area (Å²) in [6.07, 6.45) is 2.81. The van der Waals surface area contributed by atoms with Crippen molar-refractivity contribution in [2.24, 2.45) is 0 Å². The van der Waals surface area contributed by atoms with Crippen LogP contribution >= 0.6 is 0 Å². The van der Waals surface area contributed by atoms with Crippen molar-refractivity contribution >= 4 is 11.9 Å². The topological polar surface area (TPSA) is 45.7 Å². The van der Waals surface area contributed by atoms with E-state index in [0.29, 0.717) is 13.1 Å². The number of pyridine rings is 1. The number of hydrogen-bond acceptors (Lipinski definition) is 4. The first-order chi connectivity index (χ1) is 11.8. The molecular weight excluding hydrogens is 314 g/mol. The minimum atomic E-state index is -0.447. The van der Waals surface area contributed by atoms with Gasteiger partial charge in [-0.15, -0.1) is 0 Å². The Balaban J connectivity index is 2.09. The number of hydrogen-bond donors (Lipinski definition) is 0. The summed E-state index contributed by atoms with van der Waals surface area (Å²) >= 11 is 0. The van der Waals surface area contributed by atoms with E-state index in [0.717, 1.165) is 38.2 Å². The molecule has 1 aromatic rings. The zero-order chi connectivity index (χ0) is 18.6. The lowest BCUT2D eigenvalue weighted by atomic mass is 10.00. The van der Waals surface area contributed by atoms with Crippen LogP contribution in [0.25, 0.3) is 0 Å². The summed E-state index contributed by atoms with van der Waals surface area (Å²) in [5, 5.41) is 0. The van der Waals surface area contributed by atoms with E-state index in [1.54, 1.807) is 4.90 Å². The molecule has 0 N–H and O–H groups in total. The number of ether oxygens (including phenoxy) is 1. The van der Waals surface area contributed by atoms with E-state index < -0.39 is 5.60 Å². The number of nitrogens with zero attached hydrogens (tertiary/aromatic N) is 3. The van der Waals surface area contributed by atoms with Crippen LogP contribution in [0, 0.1) is 0 Å². The van der Waals surface area contributed by atoms with Gasteiger partial charge in [-0.3, -0.25) is 0 Å². The van der Waals surface area contributed by atoms with Crippen LogP contribution in [0.5, 0.6) is 0 Å². The number of piperazine rings is 1. The molecule has 0 radical (unpaired) electrons. The highest BCUT2D eigenvalue weighted by Gasteiger charge is 2.26. The lowest BCUT2D eigenvalue weighted by Gasteiger charge is -2.36. The summed E-state index contributed by atoms with van der Waals surface area (Å²) < 4.78 is 5.47. The van der Waals surface area contributed by atoms with Gasteiger partial charge < -0.3 is 14.5 Å². The summed E-state index contributed by atoms with van der Waals surface area (Å²) in [7, 11) is 0. The van der Waals surface area contributed by atoms with Crippen molar-refractivity contribution in [3.05, 3.63) is 22.9 Å². The van der Waals surface area contributed by atoms with Crippen LogP contribution in [0.3, 0.4) is 0 Å². The number of amides is 1. The van der Waals surface area contributed by atoms with Gasteiger partial charge in [0, 0.05) is 31.9 Å². The first kappa shape index (κ1) is 19.5. The monoisotopic (exact) mass is 347 g/mol. The molecule has 0 bridgehead atoms. The third-order valence-electron chi connectivity index (χ3n) is 4.61. The molecule has 2 heterocycles. The van der Waals surface area contributed by atoms with Gasteiger partial charge in [0.25, 0.3) is 0 Å². The van der Waals surface area contributed by atoms with Crippen molar-refractivity contribution in [1.29, 1.82) is 0 Å². The zero-order valence-corrected chi connectivity index (χ0v) is 16.7. The Morgan fingerprint density at radius 1 is 1.08 bits per heavy atom. The Hall–Kier alpha value is -1.78. The number of aromatic nitrogens is 1. The molecule has 0 aliphatic carbocycles. The van der Waals surface area contributed by atoms with Crippen LogP contribution < -0.4 is 4.90 Å². The fourth-order valence-electron chi connectivity index (χ4n) is 3.31. The second kappa shape index (κ2) is 8.07. The highest BCUT2D eigenvalue weighted by molar-refractivity contribution is 5.68. The molecule has 1 fully saturated rings. The van der Waals surface area contributed by atoms with Gasteiger partial charge in [-0.2, -0.15) is 0 Å². The summed E-state index contributed by atoms with van der Waals surface area (Å²) in [4.78, 5) is 21.2. The summed E-state index contributed by atoms with van der Waals surface area (Å²) in [6, 6.07) is 2.24. The molecule has 1 aliphatic heterocycles. The van der Waals surface area contributed by atoms with E-state index in [1.807, 2.05) is 20.8 Å². The van der Waals surface area contributed by atoms with Crippen molar-refractivity contribution in [2.45, 2.75) is 66.4 Å². The molecule has 1 aromatic heterocycles. The standard InChI is InChI=1S/C20H33N3O2/c1-7-15-14-18(21-17(9-3)16(15)8-2)22-10-12-23(13-11-22)19(24)25-20(4,5)6/h14H,7-13H2,1-6H3. The molecule has 25 heavy (non-hydrogen) atoms. The molecule has 2 rings (SSSR count). The average Bonchev–Trinajstić information content (AvgIpc) is 2.59. The van der Waals surface area contributed by atoms with Crippen molar-refractivity contribution < 1.29 is 9.53 Å². The smallest absolute Gasteiger partial charge is 0.410 e. The quantitative estimate of drug-likeness (QED) is 0.830. The van der Waals surface area contributed by atoms with Crippen molar-refractivity contribution in [3.8, 4) is 0 Å². The van der Waals surface area contributed by atoms with Gasteiger partial charge in [0.2, 0.25) is 0 Å². The third-order valence-corrected chi connectivity index (χ3v) is 4.61. The van der Waals surface area contributed by atoms with Gasteiger partial charge >= 0.3 is 6.09 Å².